The normalized spacial score (nSPS) is 43.3. The predicted molar refractivity (Wildman–Crippen MR) is 39.7 cm³/mol. The van der Waals surface area contributed by atoms with Crippen LogP contribution in [0.2, 0.25) is 0 Å². The standard InChI is InChI=1S/C8H13NO2/c1-8-4-2-6(10)9(8)7(11)3-5-8/h6,10H,2-5H2,1H3. The van der Waals surface area contributed by atoms with Crippen molar-refractivity contribution in [3.05, 3.63) is 0 Å². The first-order chi connectivity index (χ1) is 5.13. The highest BCUT2D eigenvalue weighted by Crippen LogP contribution is 2.41. The van der Waals surface area contributed by atoms with Crippen LogP contribution >= 0.6 is 0 Å². The molecule has 62 valence electrons. The van der Waals surface area contributed by atoms with Gasteiger partial charge in [0.2, 0.25) is 5.91 Å². The Bertz CT molecular complexity index is 204. The molecule has 2 aliphatic heterocycles. The summed E-state index contributed by atoms with van der Waals surface area (Å²) in [6.07, 6.45) is 2.74. The van der Waals surface area contributed by atoms with Crippen LogP contribution in [0.15, 0.2) is 0 Å². The smallest absolute Gasteiger partial charge is 0.225 e. The van der Waals surface area contributed by atoms with Crippen LogP contribution in [0.1, 0.15) is 32.6 Å². The molecule has 1 amide bonds. The van der Waals surface area contributed by atoms with E-state index in [4.69, 9.17) is 0 Å². The van der Waals surface area contributed by atoms with E-state index < -0.39 is 6.23 Å². The van der Waals surface area contributed by atoms with E-state index in [9.17, 15) is 9.90 Å². The summed E-state index contributed by atoms with van der Waals surface area (Å²) in [6, 6.07) is 0. The molecule has 2 heterocycles. The molecule has 2 fully saturated rings. The minimum atomic E-state index is -0.505. The fraction of sp³-hybridized carbons (Fsp3) is 0.875. The van der Waals surface area contributed by atoms with E-state index in [-0.39, 0.29) is 11.4 Å². The van der Waals surface area contributed by atoms with E-state index in [1.807, 2.05) is 0 Å². The zero-order valence-electron chi connectivity index (χ0n) is 6.71. The van der Waals surface area contributed by atoms with Crippen molar-refractivity contribution in [2.75, 3.05) is 0 Å². The van der Waals surface area contributed by atoms with Gasteiger partial charge in [0, 0.05) is 12.0 Å². The summed E-state index contributed by atoms with van der Waals surface area (Å²) >= 11 is 0. The summed E-state index contributed by atoms with van der Waals surface area (Å²) in [5.74, 6) is 0.123. The van der Waals surface area contributed by atoms with Crippen molar-refractivity contribution < 1.29 is 9.90 Å². The molecular weight excluding hydrogens is 142 g/mol. The van der Waals surface area contributed by atoms with Gasteiger partial charge in [-0.05, 0) is 26.2 Å². The van der Waals surface area contributed by atoms with Crippen LogP contribution in [0.5, 0.6) is 0 Å². The van der Waals surface area contributed by atoms with E-state index in [1.54, 1.807) is 4.90 Å². The highest BCUT2D eigenvalue weighted by molar-refractivity contribution is 5.80. The first-order valence-corrected chi connectivity index (χ1v) is 4.14. The summed E-state index contributed by atoms with van der Waals surface area (Å²) in [6.45, 7) is 2.06. The number of rotatable bonds is 0. The van der Waals surface area contributed by atoms with Gasteiger partial charge in [-0.25, -0.2) is 0 Å². The molecule has 2 aliphatic rings. The van der Waals surface area contributed by atoms with Gasteiger partial charge in [-0.1, -0.05) is 0 Å². The minimum absolute atomic E-state index is 0.0174. The molecule has 1 N–H and O–H groups in total. The first kappa shape index (κ1) is 7.10. The van der Waals surface area contributed by atoms with Crippen molar-refractivity contribution in [3.63, 3.8) is 0 Å². The lowest BCUT2D eigenvalue weighted by Crippen LogP contribution is -2.42. The van der Waals surface area contributed by atoms with Gasteiger partial charge in [-0.15, -0.1) is 0 Å². The SMILES string of the molecule is CC12CCC(=O)N1C(O)CC2. The van der Waals surface area contributed by atoms with Gasteiger partial charge < -0.3 is 10.0 Å². The third-order valence-corrected chi connectivity index (χ3v) is 2.97. The molecule has 0 aromatic heterocycles. The summed E-state index contributed by atoms with van der Waals surface area (Å²) < 4.78 is 0. The number of amides is 1. The Morgan fingerprint density at radius 2 is 2.36 bits per heavy atom. The van der Waals surface area contributed by atoms with E-state index in [0.29, 0.717) is 6.42 Å². The number of aliphatic hydroxyl groups is 1. The largest absolute Gasteiger partial charge is 0.374 e. The van der Waals surface area contributed by atoms with E-state index >= 15 is 0 Å². The molecule has 2 unspecified atom stereocenters. The molecule has 11 heavy (non-hydrogen) atoms. The maximum Gasteiger partial charge on any atom is 0.225 e. The molecule has 3 heteroatoms. The van der Waals surface area contributed by atoms with Crippen LogP contribution < -0.4 is 0 Å². The molecule has 0 spiro atoms. The second-order valence-electron chi connectivity index (χ2n) is 3.78. The maximum absolute atomic E-state index is 11.2. The van der Waals surface area contributed by atoms with Gasteiger partial charge in [0.1, 0.15) is 6.23 Å². The number of hydrogen-bond acceptors (Lipinski definition) is 2. The minimum Gasteiger partial charge on any atom is -0.374 e. The van der Waals surface area contributed by atoms with E-state index in [0.717, 1.165) is 19.3 Å². The monoisotopic (exact) mass is 155 g/mol. The summed E-state index contributed by atoms with van der Waals surface area (Å²) in [5.41, 5.74) is -0.0174. The molecule has 0 saturated carbocycles. The van der Waals surface area contributed by atoms with Crippen LogP contribution in [0.4, 0.5) is 0 Å². The van der Waals surface area contributed by atoms with Crippen molar-refractivity contribution in [1.29, 1.82) is 0 Å². The quantitative estimate of drug-likeness (QED) is 0.552. The molecule has 2 atom stereocenters. The third-order valence-electron chi connectivity index (χ3n) is 2.97. The van der Waals surface area contributed by atoms with Crippen molar-refractivity contribution in [2.45, 2.75) is 44.4 Å². The van der Waals surface area contributed by atoms with Gasteiger partial charge in [-0.3, -0.25) is 4.79 Å². The lowest BCUT2D eigenvalue weighted by Gasteiger charge is -2.29. The summed E-state index contributed by atoms with van der Waals surface area (Å²) in [7, 11) is 0. The van der Waals surface area contributed by atoms with Gasteiger partial charge >= 0.3 is 0 Å². The molecular formula is C8H13NO2. The Morgan fingerprint density at radius 1 is 1.64 bits per heavy atom. The van der Waals surface area contributed by atoms with Crippen molar-refractivity contribution in [1.82, 2.24) is 4.90 Å². The lowest BCUT2D eigenvalue weighted by atomic mass is 9.97. The second kappa shape index (κ2) is 1.97. The Kier molecular flexibility index (Phi) is 1.27. The fourth-order valence-corrected chi connectivity index (χ4v) is 2.26. The fourth-order valence-electron chi connectivity index (χ4n) is 2.26. The Morgan fingerprint density at radius 3 is 3.00 bits per heavy atom. The van der Waals surface area contributed by atoms with E-state index in [2.05, 4.69) is 6.92 Å². The molecule has 0 aromatic carbocycles. The lowest BCUT2D eigenvalue weighted by molar-refractivity contribution is -0.138. The molecule has 0 radical (unpaired) electrons. The second-order valence-corrected chi connectivity index (χ2v) is 3.78. The molecule has 0 aliphatic carbocycles. The predicted octanol–water partition coefficient (Wildman–Crippen LogP) is 0.480. The number of fused-ring (bicyclic) bond motifs is 1. The Hall–Kier alpha value is -0.570. The Labute approximate surface area is 66.0 Å². The van der Waals surface area contributed by atoms with Gasteiger partial charge in [0.15, 0.2) is 0 Å². The van der Waals surface area contributed by atoms with Crippen molar-refractivity contribution in [2.24, 2.45) is 0 Å². The third kappa shape index (κ3) is 0.805. The zero-order chi connectivity index (χ0) is 8.06. The average Bonchev–Trinajstić information content (AvgIpc) is 2.38. The zero-order valence-corrected chi connectivity index (χ0v) is 6.71. The van der Waals surface area contributed by atoms with Crippen LogP contribution in [0.3, 0.4) is 0 Å². The molecule has 3 nitrogen and oxygen atoms in total. The van der Waals surface area contributed by atoms with Crippen LogP contribution in [-0.4, -0.2) is 27.7 Å². The Balaban J connectivity index is 2.30. The molecule has 0 aromatic rings. The van der Waals surface area contributed by atoms with Gasteiger partial charge in [0.05, 0.1) is 0 Å². The number of carbonyl (C=O) groups is 1. The topological polar surface area (TPSA) is 40.5 Å². The summed E-state index contributed by atoms with van der Waals surface area (Å²) in [4.78, 5) is 12.9. The van der Waals surface area contributed by atoms with Gasteiger partial charge in [-0.2, -0.15) is 0 Å². The molecule has 2 rings (SSSR count). The number of nitrogens with zero attached hydrogens (tertiary/aromatic N) is 1. The molecule has 0 bridgehead atoms. The van der Waals surface area contributed by atoms with E-state index in [1.165, 1.54) is 0 Å². The highest BCUT2D eigenvalue weighted by atomic mass is 16.3. The number of hydrogen-bond donors (Lipinski definition) is 1. The highest BCUT2D eigenvalue weighted by Gasteiger charge is 2.49. The van der Waals surface area contributed by atoms with Crippen LogP contribution in [0.25, 0.3) is 0 Å². The van der Waals surface area contributed by atoms with Gasteiger partial charge in [0.25, 0.3) is 0 Å². The van der Waals surface area contributed by atoms with Crippen molar-refractivity contribution >= 4 is 5.91 Å². The first-order valence-electron chi connectivity index (χ1n) is 4.14. The number of aliphatic hydroxyl groups excluding tert-OH is 1. The maximum atomic E-state index is 11.2. The van der Waals surface area contributed by atoms with Crippen molar-refractivity contribution in [3.8, 4) is 0 Å². The number of carbonyl (C=O) groups excluding carboxylic acids is 1. The van der Waals surface area contributed by atoms with Crippen LogP contribution in [0, 0.1) is 0 Å². The van der Waals surface area contributed by atoms with Crippen LogP contribution in [-0.2, 0) is 4.79 Å². The summed E-state index contributed by atoms with van der Waals surface area (Å²) in [5, 5.41) is 9.44. The average molecular weight is 155 g/mol. The molecule has 2 saturated heterocycles.